The number of unbranched alkanes of at least 4 members (excludes halogenated alkanes) is 3. The Balaban J connectivity index is 0.985. The number of hydrogen-bond donors (Lipinski definition) is 3. The molecule has 2 aliphatic rings. The maximum atomic E-state index is 13.4. The van der Waals surface area contributed by atoms with Crippen LogP contribution in [0.5, 0.6) is 5.75 Å². The van der Waals surface area contributed by atoms with E-state index < -0.39 is 38.9 Å². The number of likely N-dealkylation sites (N-methyl/N-ethyl adjacent to an activating group) is 1. The van der Waals surface area contributed by atoms with Gasteiger partial charge in [-0.1, -0.05) is 54.6 Å². The number of allylic oxidation sites excluding steroid dienone is 1. The molecule has 1 fully saturated rings. The molecule has 13 nitrogen and oxygen atoms in total. The van der Waals surface area contributed by atoms with Gasteiger partial charge < -0.3 is 25.6 Å². The second kappa shape index (κ2) is 19.1. The molecule has 0 bridgehead atoms. The number of fused-ring (bicyclic) bond motifs is 1. The predicted octanol–water partition coefficient (Wildman–Crippen LogP) is 7.59. The zero-order valence-corrected chi connectivity index (χ0v) is 36.1. The van der Waals surface area contributed by atoms with Gasteiger partial charge in [0.25, 0.3) is 11.8 Å². The van der Waals surface area contributed by atoms with Crippen molar-refractivity contribution in [3.05, 3.63) is 106 Å². The van der Waals surface area contributed by atoms with Gasteiger partial charge in [-0.25, -0.2) is 13.4 Å². The monoisotopic (exact) mass is 851 g/mol. The minimum atomic E-state index is -3.57. The normalized spacial score (nSPS) is 15.2. The van der Waals surface area contributed by atoms with E-state index in [-0.39, 0.29) is 32.8 Å². The van der Waals surface area contributed by atoms with Crippen molar-refractivity contribution in [3.8, 4) is 17.6 Å². The number of amides is 3. The highest BCUT2D eigenvalue weighted by Crippen LogP contribution is 2.34. The van der Waals surface area contributed by atoms with Crippen molar-refractivity contribution >= 4 is 62.3 Å². The minimum absolute atomic E-state index is 0.158. The van der Waals surface area contributed by atoms with Crippen LogP contribution in [0.4, 0.5) is 23.1 Å². The van der Waals surface area contributed by atoms with Crippen LogP contribution in [0, 0.1) is 18.8 Å². The number of methoxy groups -OCH3 is 1. The van der Waals surface area contributed by atoms with E-state index in [4.69, 9.17) is 16.3 Å². The Morgan fingerprint density at radius 2 is 1.82 bits per heavy atom. The Labute approximate surface area is 356 Å². The number of carbonyl (C=O) groups is 3. The van der Waals surface area contributed by atoms with Crippen molar-refractivity contribution in [1.82, 2.24) is 25.1 Å². The molecule has 4 aromatic rings. The molecule has 3 aromatic carbocycles. The molecular formula is C45H50ClN7O6S. The van der Waals surface area contributed by atoms with Crippen molar-refractivity contribution in [2.75, 3.05) is 37.9 Å². The summed E-state index contributed by atoms with van der Waals surface area (Å²) in [7, 11) is 0.142. The van der Waals surface area contributed by atoms with Crippen LogP contribution in [0.25, 0.3) is 0 Å². The van der Waals surface area contributed by atoms with Crippen LogP contribution in [0.1, 0.15) is 89.8 Å². The average Bonchev–Trinajstić information content (AvgIpc) is 3.47. The largest absolute Gasteiger partial charge is 0.495 e. The first-order valence-electron chi connectivity index (χ1n) is 19.9. The molecule has 15 heteroatoms. The smallest absolute Gasteiger partial charge is 0.263 e. The van der Waals surface area contributed by atoms with Crippen LogP contribution in [-0.2, 0) is 21.1 Å². The van der Waals surface area contributed by atoms with Crippen LogP contribution < -0.4 is 20.7 Å². The van der Waals surface area contributed by atoms with Crippen molar-refractivity contribution < 1.29 is 27.5 Å². The van der Waals surface area contributed by atoms with E-state index in [0.717, 1.165) is 54.8 Å². The first-order valence-corrected chi connectivity index (χ1v) is 21.9. The van der Waals surface area contributed by atoms with Gasteiger partial charge in [-0.2, -0.15) is 4.98 Å². The number of ether oxygens (including phenoxy) is 1. The molecule has 60 heavy (non-hydrogen) atoms. The molecule has 3 heterocycles. The highest BCUT2D eigenvalue weighted by molar-refractivity contribution is 7.92. The third-order valence-corrected chi connectivity index (χ3v) is 13.1. The number of halogens is 1. The average molecular weight is 852 g/mol. The first kappa shape index (κ1) is 43.8. The number of nitrogens with one attached hydrogen (secondary N) is 3. The van der Waals surface area contributed by atoms with E-state index >= 15 is 0 Å². The van der Waals surface area contributed by atoms with Crippen molar-refractivity contribution in [2.45, 2.75) is 81.9 Å². The number of anilines is 4. The molecule has 6 rings (SSSR count). The van der Waals surface area contributed by atoms with Gasteiger partial charge in [0.2, 0.25) is 11.9 Å². The predicted molar refractivity (Wildman–Crippen MR) is 234 cm³/mol. The molecule has 3 amide bonds. The van der Waals surface area contributed by atoms with Gasteiger partial charge in [-0.3, -0.25) is 19.3 Å². The number of carbonyl (C=O) groups excluding carboxylic acids is 3. The van der Waals surface area contributed by atoms with Crippen molar-refractivity contribution in [3.63, 3.8) is 0 Å². The van der Waals surface area contributed by atoms with Gasteiger partial charge >= 0.3 is 0 Å². The molecule has 0 aliphatic carbocycles. The van der Waals surface area contributed by atoms with E-state index in [9.17, 15) is 22.8 Å². The van der Waals surface area contributed by atoms with E-state index in [1.165, 1.54) is 6.20 Å². The molecule has 2 aliphatic heterocycles. The Hall–Kier alpha value is -5.75. The second-order valence-electron chi connectivity index (χ2n) is 15.2. The number of benzene rings is 3. The Bertz CT molecular complexity index is 2500. The molecule has 1 aromatic heterocycles. The lowest BCUT2D eigenvalue weighted by atomic mass is 10.0. The topological polar surface area (TPSA) is 163 Å². The van der Waals surface area contributed by atoms with Crippen LogP contribution in [0.3, 0.4) is 0 Å². The van der Waals surface area contributed by atoms with Crippen LogP contribution in [-0.4, -0.2) is 84.4 Å². The van der Waals surface area contributed by atoms with Gasteiger partial charge in [0.05, 0.1) is 46.0 Å². The lowest BCUT2D eigenvalue weighted by Gasteiger charge is -2.29. The Kier molecular flexibility index (Phi) is 13.9. The van der Waals surface area contributed by atoms with Gasteiger partial charge in [0, 0.05) is 24.2 Å². The lowest BCUT2D eigenvalue weighted by molar-refractivity contribution is -0.125. The summed E-state index contributed by atoms with van der Waals surface area (Å²) in [5.74, 6) is 6.09. The maximum absolute atomic E-state index is 13.4. The third-order valence-electron chi connectivity index (χ3n) is 10.6. The van der Waals surface area contributed by atoms with Gasteiger partial charge in [-0.05, 0) is 114 Å². The number of para-hydroxylation sites is 1. The van der Waals surface area contributed by atoms with Crippen molar-refractivity contribution in [2.24, 2.45) is 0 Å². The SMILES string of the molecule is C=C1CCC(N2C(=O)c3cccc(C#CCCCCCN(C)CCc4cc(OC)c(Nc5ncc(Cl)c(Nc6ccccc6S(=O)(=O)C(C)C)n5)cc4C)c3C2=O)C(=O)N1. The minimum Gasteiger partial charge on any atom is -0.495 e. The number of aryl methyl sites for hydroxylation is 1. The summed E-state index contributed by atoms with van der Waals surface area (Å²) in [5.41, 5.74) is 4.89. The fourth-order valence-corrected chi connectivity index (χ4v) is 8.49. The van der Waals surface area contributed by atoms with E-state index in [2.05, 4.69) is 56.3 Å². The quantitative estimate of drug-likeness (QED) is 0.0579. The summed E-state index contributed by atoms with van der Waals surface area (Å²) in [6, 6.07) is 14.9. The molecule has 0 radical (unpaired) electrons. The summed E-state index contributed by atoms with van der Waals surface area (Å²) in [5, 5.41) is 8.60. The van der Waals surface area contributed by atoms with Crippen LogP contribution in [0.2, 0.25) is 5.02 Å². The number of rotatable bonds is 16. The second-order valence-corrected chi connectivity index (χ2v) is 18.1. The Morgan fingerprint density at radius 3 is 2.57 bits per heavy atom. The van der Waals surface area contributed by atoms with E-state index in [1.807, 2.05) is 19.1 Å². The summed E-state index contributed by atoms with van der Waals surface area (Å²) in [6.07, 6.45) is 6.66. The van der Waals surface area contributed by atoms with Gasteiger partial charge in [0.1, 0.15) is 16.8 Å². The molecule has 1 atom stereocenters. The van der Waals surface area contributed by atoms with Crippen LogP contribution in [0.15, 0.2) is 78.0 Å². The number of nitrogens with zero attached hydrogens (tertiary/aromatic N) is 4. The zero-order chi connectivity index (χ0) is 43.1. The molecule has 314 valence electrons. The summed E-state index contributed by atoms with van der Waals surface area (Å²) >= 11 is 6.45. The number of piperidine rings is 1. The highest BCUT2D eigenvalue weighted by Gasteiger charge is 2.44. The molecule has 0 saturated carbocycles. The molecule has 1 unspecified atom stereocenters. The first-order chi connectivity index (χ1) is 28.7. The third kappa shape index (κ3) is 9.81. The Morgan fingerprint density at radius 1 is 1.03 bits per heavy atom. The zero-order valence-electron chi connectivity index (χ0n) is 34.5. The molecular weight excluding hydrogens is 802 g/mol. The summed E-state index contributed by atoms with van der Waals surface area (Å²) in [6.45, 7) is 10.9. The molecule has 0 spiro atoms. The van der Waals surface area contributed by atoms with E-state index in [0.29, 0.717) is 47.6 Å². The van der Waals surface area contributed by atoms with Crippen LogP contribution >= 0.6 is 11.6 Å². The lowest BCUT2D eigenvalue weighted by Crippen LogP contribution is -2.51. The highest BCUT2D eigenvalue weighted by atomic mass is 35.5. The van der Waals surface area contributed by atoms with E-state index in [1.54, 1.807) is 63.4 Å². The number of hydrogen-bond acceptors (Lipinski definition) is 11. The molecule has 1 saturated heterocycles. The fraction of sp³-hybridized carbons (Fsp3) is 0.356. The maximum Gasteiger partial charge on any atom is 0.263 e. The standard InChI is InChI=1S/C45H50ClN7O6S/c1-28(2)60(57,58)39-19-12-11-18-35(39)49-41-34(46)27-47-45(51-41)50-36-25-29(3)32(26-38(36)59-6)22-24-52(5)23-13-9-7-8-10-15-31-16-14-17-33-40(31)44(56)53(43(33)55)37-21-20-30(4)48-42(37)54/h11-12,14,16-19,25-28,37H,4,7-9,13,20-24H2,1-3,5-6H3,(H,48,54)(H2,47,49,50,51). The van der Waals surface area contributed by atoms with Gasteiger partial charge in [0.15, 0.2) is 15.7 Å². The molecule has 3 N–H and O–H groups in total. The number of sulfone groups is 1. The van der Waals surface area contributed by atoms with Gasteiger partial charge in [-0.15, -0.1) is 0 Å². The number of aromatic nitrogens is 2. The fourth-order valence-electron chi connectivity index (χ4n) is 7.15. The van der Waals surface area contributed by atoms with Crippen molar-refractivity contribution in [1.29, 1.82) is 0 Å². The number of imide groups is 1. The summed E-state index contributed by atoms with van der Waals surface area (Å²) < 4.78 is 31.8. The summed E-state index contributed by atoms with van der Waals surface area (Å²) in [4.78, 5) is 51.5.